The summed E-state index contributed by atoms with van der Waals surface area (Å²) in [6.45, 7) is 0. The minimum Gasteiger partial charge on any atom is -0.456 e. The molecule has 0 unspecified atom stereocenters. The van der Waals surface area contributed by atoms with Gasteiger partial charge in [0.2, 0.25) is 0 Å². The van der Waals surface area contributed by atoms with Gasteiger partial charge in [-0.2, -0.15) is 0 Å². The average Bonchev–Trinajstić information content (AvgIpc) is 3.74. The number of benzene rings is 8. The van der Waals surface area contributed by atoms with Crippen molar-refractivity contribution in [2.24, 2.45) is 0 Å². The molecule has 0 amide bonds. The predicted octanol–water partition coefficient (Wildman–Crippen LogP) is 12.6. The van der Waals surface area contributed by atoms with Crippen LogP contribution in [0.3, 0.4) is 0 Å². The Bertz CT molecular complexity index is 3160. The summed E-state index contributed by atoms with van der Waals surface area (Å²) < 4.78 is 8.77. The number of furan rings is 1. The highest BCUT2D eigenvalue weighted by Crippen LogP contribution is 2.47. The highest BCUT2D eigenvalue weighted by atomic mass is 32.1. The number of para-hydroxylation sites is 1. The first-order valence-electron chi connectivity index (χ1n) is 16.7. The van der Waals surface area contributed by atoms with Gasteiger partial charge in [0.1, 0.15) is 11.2 Å². The Labute approximate surface area is 289 Å². The molecular formula is C45H25N3OS. The molecule has 0 fully saturated rings. The number of nitrogens with zero attached hydrogens (tertiary/aromatic N) is 3. The van der Waals surface area contributed by atoms with Gasteiger partial charge in [-0.3, -0.25) is 0 Å². The summed E-state index contributed by atoms with van der Waals surface area (Å²) in [6.07, 6.45) is 0. The van der Waals surface area contributed by atoms with Gasteiger partial charge >= 0.3 is 0 Å². The standard InChI is InChI=1S/C45H25N3OS/c1-2-11-27(12-3-1)43-46-44(31-20-21-34-33-16-8-9-17-37(33)49-38(34)24-31)48-45(47-43)36-23-30-19-18-26-10-6-7-15-32(26)40(30)42-41(36)35-22-28-13-4-5-14-29(28)25-39(35)50-42/h1-25H. The van der Waals surface area contributed by atoms with Crippen molar-refractivity contribution >= 4 is 85.8 Å². The predicted molar refractivity (Wildman–Crippen MR) is 209 cm³/mol. The van der Waals surface area contributed by atoms with Gasteiger partial charge in [-0.15, -0.1) is 11.3 Å². The number of hydrogen-bond donors (Lipinski definition) is 0. The van der Waals surface area contributed by atoms with Crippen LogP contribution in [-0.4, -0.2) is 15.0 Å². The van der Waals surface area contributed by atoms with Crippen LogP contribution in [0, 0.1) is 0 Å². The van der Waals surface area contributed by atoms with Gasteiger partial charge in [0, 0.05) is 53.0 Å². The SMILES string of the molecule is c1ccc(-c2nc(-c3ccc4c(c3)oc3ccccc34)nc(-c3cc4ccc5ccccc5c4c4sc5cc6ccccc6cc5c34)n2)cc1. The lowest BCUT2D eigenvalue weighted by Crippen LogP contribution is -2.00. The summed E-state index contributed by atoms with van der Waals surface area (Å²) in [5, 5.41) is 11.9. The van der Waals surface area contributed by atoms with E-state index in [0.29, 0.717) is 17.5 Å². The lowest BCUT2D eigenvalue weighted by Gasteiger charge is -2.12. The Hall–Kier alpha value is -6.43. The third-order valence-electron chi connectivity index (χ3n) is 9.86. The van der Waals surface area contributed by atoms with Gasteiger partial charge < -0.3 is 4.42 Å². The zero-order chi connectivity index (χ0) is 32.8. The second kappa shape index (κ2) is 10.5. The summed E-state index contributed by atoms with van der Waals surface area (Å²) in [7, 11) is 0. The zero-order valence-electron chi connectivity index (χ0n) is 26.6. The Morgan fingerprint density at radius 1 is 0.400 bits per heavy atom. The molecule has 232 valence electrons. The molecule has 11 aromatic rings. The smallest absolute Gasteiger partial charge is 0.164 e. The van der Waals surface area contributed by atoms with E-state index in [1.807, 2.05) is 47.7 Å². The number of fused-ring (bicyclic) bond motifs is 11. The van der Waals surface area contributed by atoms with Crippen LogP contribution in [-0.2, 0) is 0 Å². The van der Waals surface area contributed by atoms with Crippen molar-refractivity contribution in [1.29, 1.82) is 0 Å². The Balaban J connectivity index is 1.24. The number of rotatable bonds is 3. The molecule has 4 nitrogen and oxygen atoms in total. The molecule has 0 aliphatic heterocycles. The Morgan fingerprint density at radius 2 is 1.06 bits per heavy atom. The van der Waals surface area contributed by atoms with E-state index in [1.165, 1.54) is 47.1 Å². The fourth-order valence-electron chi connectivity index (χ4n) is 7.50. The summed E-state index contributed by atoms with van der Waals surface area (Å²) in [4.78, 5) is 15.6. The molecule has 8 aromatic carbocycles. The highest BCUT2D eigenvalue weighted by Gasteiger charge is 2.21. The quantitative estimate of drug-likeness (QED) is 0.178. The maximum atomic E-state index is 6.29. The first kappa shape index (κ1) is 27.5. The largest absolute Gasteiger partial charge is 0.456 e. The van der Waals surface area contributed by atoms with E-state index < -0.39 is 0 Å². The van der Waals surface area contributed by atoms with E-state index in [2.05, 4.69) is 115 Å². The summed E-state index contributed by atoms with van der Waals surface area (Å²) in [6, 6.07) is 53.2. The van der Waals surface area contributed by atoms with Crippen LogP contribution in [0.1, 0.15) is 0 Å². The molecule has 0 N–H and O–H groups in total. The molecule has 0 aliphatic rings. The number of aromatic nitrogens is 3. The normalized spacial score (nSPS) is 12.0. The van der Waals surface area contributed by atoms with Crippen LogP contribution in [0.2, 0.25) is 0 Å². The second-order valence-corrected chi connectivity index (χ2v) is 13.8. The maximum absolute atomic E-state index is 6.29. The molecule has 0 saturated carbocycles. The van der Waals surface area contributed by atoms with Gasteiger partial charge in [0.15, 0.2) is 17.5 Å². The monoisotopic (exact) mass is 655 g/mol. The van der Waals surface area contributed by atoms with Crippen molar-refractivity contribution in [1.82, 2.24) is 15.0 Å². The summed E-state index contributed by atoms with van der Waals surface area (Å²) in [5.74, 6) is 1.88. The van der Waals surface area contributed by atoms with E-state index in [9.17, 15) is 0 Å². The van der Waals surface area contributed by atoms with Crippen LogP contribution in [0.4, 0.5) is 0 Å². The van der Waals surface area contributed by atoms with Crippen molar-refractivity contribution < 1.29 is 4.42 Å². The fourth-order valence-corrected chi connectivity index (χ4v) is 8.83. The number of hydrogen-bond acceptors (Lipinski definition) is 5. The molecule has 0 atom stereocenters. The van der Waals surface area contributed by atoms with Crippen LogP contribution in [0.5, 0.6) is 0 Å². The molecule has 5 heteroatoms. The molecule has 3 heterocycles. The molecule has 11 rings (SSSR count). The van der Waals surface area contributed by atoms with E-state index >= 15 is 0 Å². The fraction of sp³-hybridized carbons (Fsp3) is 0. The van der Waals surface area contributed by atoms with Crippen LogP contribution in [0.15, 0.2) is 156 Å². The summed E-state index contributed by atoms with van der Waals surface area (Å²) in [5.41, 5.74) is 4.48. The molecular weight excluding hydrogens is 631 g/mol. The molecule has 0 aliphatic carbocycles. The van der Waals surface area contributed by atoms with Crippen LogP contribution < -0.4 is 0 Å². The molecule has 0 spiro atoms. The van der Waals surface area contributed by atoms with Crippen molar-refractivity contribution in [3.63, 3.8) is 0 Å². The third-order valence-corrected chi connectivity index (χ3v) is 11.0. The van der Waals surface area contributed by atoms with Crippen LogP contribution in [0.25, 0.3) is 109 Å². The highest BCUT2D eigenvalue weighted by molar-refractivity contribution is 7.27. The van der Waals surface area contributed by atoms with Crippen LogP contribution >= 0.6 is 11.3 Å². The van der Waals surface area contributed by atoms with E-state index in [1.54, 1.807) is 0 Å². The molecule has 3 aromatic heterocycles. The lowest BCUT2D eigenvalue weighted by molar-refractivity contribution is 0.669. The topological polar surface area (TPSA) is 51.8 Å². The lowest BCUT2D eigenvalue weighted by atomic mass is 9.95. The van der Waals surface area contributed by atoms with Crippen molar-refractivity contribution in [3.8, 4) is 34.2 Å². The van der Waals surface area contributed by atoms with Gasteiger partial charge in [-0.1, -0.05) is 115 Å². The average molecular weight is 656 g/mol. The Morgan fingerprint density at radius 3 is 1.92 bits per heavy atom. The van der Waals surface area contributed by atoms with Crippen molar-refractivity contribution in [3.05, 3.63) is 152 Å². The maximum Gasteiger partial charge on any atom is 0.164 e. The van der Waals surface area contributed by atoms with Gasteiger partial charge in [-0.25, -0.2) is 15.0 Å². The molecule has 50 heavy (non-hydrogen) atoms. The van der Waals surface area contributed by atoms with E-state index in [0.717, 1.165) is 44.0 Å². The van der Waals surface area contributed by atoms with E-state index in [4.69, 9.17) is 19.4 Å². The van der Waals surface area contributed by atoms with Gasteiger partial charge in [0.25, 0.3) is 0 Å². The molecule has 0 bridgehead atoms. The second-order valence-electron chi connectivity index (χ2n) is 12.8. The minimum absolute atomic E-state index is 0.605. The van der Waals surface area contributed by atoms with Crippen molar-refractivity contribution in [2.75, 3.05) is 0 Å². The first-order valence-corrected chi connectivity index (χ1v) is 17.5. The number of thiophene rings is 1. The van der Waals surface area contributed by atoms with Gasteiger partial charge in [0.05, 0.1) is 0 Å². The zero-order valence-corrected chi connectivity index (χ0v) is 27.4. The molecule has 0 saturated heterocycles. The molecule has 0 radical (unpaired) electrons. The first-order chi connectivity index (χ1) is 24.7. The summed E-state index contributed by atoms with van der Waals surface area (Å²) >= 11 is 1.85. The van der Waals surface area contributed by atoms with Gasteiger partial charge in [-0.05, 0) is 63.3 Å². The minimum atomic E-state index is 0.605. The van der Waals surface area contributed by atoms with Crippen molar-refractivity contribution in [2.45, 2.75) is 0 Å². The van der Waals surface area contributed by atoms with E-state index in [-0.39, 0.29) is 0 Å². The third kappa shape index (κ3) is 4.14. The Kier molecular flexibility index (Phi) is 5.80.